The molecule has 0 saturated carbocycles. The molecule has 1 aliphatic heterocycles. The number of hydrogen-bond acceptors (Lipinski definition) is 8. The first-order valence-electron chi connectivity index (χ1n) is 8.34. The van der Waals surface area contributed by atoms with Crippen LogP contribution in [0.25, 0.3) is 0 Å². The Bertz CT molecular complexity index is 890. The zero-order chi connectivity index (χ0) is 20.7. The Morgan fingerprint density at radius 1 is 1.25 bits per heavy atom. The molecule has 0 aliphatic carbocycles. The smallest absolute Gasteiger partial charge is 0.348 e. The number of ether oxygens (including phenoxy) is 2. The number of esters is 2. The van der Waals surface area contributed by atoms with Crippen molar-refractivity contribution in [1.82, 2.24) is 15.4 Å². The summed E-state index contributed by atoms with van der Waals surface area (Å²) in [4.78, 5) is 36.8. The molecule has 0 spiro atoms. The van der Waals surface area contributed by atoms with Crippen molar-refractivity contribution in [3.63, 3.8) is 0 Å². The van der Waals surface area contributed by atoms with Crippen molar-refractivity contribution in [3.05, 3.63) is 33.2 Å². The van der Waals surface area contributed by atoms with Crippen molar-refractivity contribution < 1.29 is 32.3 Å². The summed E-state index contributed by atoms with van der Waals surface area (Å²) in [5.74, 6) is -1.21. The molecule has 28 heavy (non-hydrogen) atoms. The molecular weight excluding hydrogens is 410 g/mol. The van der Waals surface area contributed by atoms with Gasteiger partial charge in [-0.15, -0.1) is 11.3 Å². The molecule has 1 aromatic rings. The maximum atomic E-state index is 12.2. The maximum Gasteiger partial charge on any atom is 0.348 e. The van der Waals surface area contributed by atoms with Crippen molar-refractivity contribution >= 4 is 39.3 Å². The quantitative estimate of drug-likeness (QED) is 0.472. The second kappa shape index (κ2) is 9.66. The fourth-order valence-electron chi connectivity index (χ4n) is 2.26. The molecule has 2 heterocycles. The van der Waals surface area contributed by atoms with Gasteiger partial charge in [0.15, 0.2) is 0 Å². The molecule has 0 atom stereocenters. The summed E-state index contributed by atoms with van der Waals surface area (Å²) < 4.78 is 34.6. The van der Waals surface area contributed by atoms with E-state index in [-0.39, 0.29) is 37.6 Å². The molecule has 0 aromatic carbocycles. The van der Waals surface area contributed by atoms with E-state index < -0.39 is 28.0 Å². The molecule has 154 valence electrons. The Balaban J connectivity index is 1.96. The van der Waals surface area contributed by atoms with Gasteiger partial charge in [0.1, 0.15) is 11.5 Å². The molecule has 0 radical (unpaired) electrons. The van der Waals surface area contributed by atoms with Crippen molar-refractivity contribution in [2.45, 2.75) is 13.3 Å². The number of carbonyl (C=O) groups is 3. The van der Waals surface area contributed by atoms with Crippen LogP contribution >= 0.6 is 11.3 Å². The number of urea groups is 1. The van der Waals surface area contributed by atoms with Crippen LogP contribution in [-0.2, 0) is 30.7 Å². The summed E-state index contributed by atoms with van der Waals surface area (Å²) in [6.07, 6.45) is 1.51. The molecule has 1 aliphatic rings. The van der Waals surface area contributed by atoms with Crippen LogP contribution < -0.4 is 15.4 Å². The van der Waals surface area contributed by atoms with Gasteiger partial charge in [-0.25, -0.2) is 27.5 Å². The van der Waals surface area contributed by atoms with E-state index in [1.165, 1.54) is 11.3 Å². The SMILES string of the molecule is CCOC(=O)C1=C(COC(=O)c2ccc(CCNS(C)(=O)=O)s2)NC(=O)NC1. The van der Waals surface area contributed by atoms with Crippen LogP contribution in [-0.4, -0.2) is 58.9 Å². The normalized spacial score (nSPS) is 14.3. The van der Waals surface area contributed by atoms with Gasteiger partial charge in [0.25, 0.3) is 0 Å². The molecule has 12 heteroatoms. The van der Waals surface area contributed by atoms with Gasteiger partial charge in [-0.05, 0) is 25.5 Å². The summed E-state index contributed by atoms with van der Waals surface area (Å²) >= 11 is 1.18. The summed E-state index contributed by atoms with van der Waals surface area (Å²) in [6.45, 7) is 1.75. The fraction of sp³-hybridized carbons (Fsp3) is 0.438. The van der Waals surface area contributed by atoms with Crippen LogP contribution in [0.1, 0.15) is 21.5 Å². The molecule has 0 saturated heterocycles. The number of nitrogens with one attached hydrogen (secondary N) is 3. The Kier molecular flexibility index (Phi) is 7.54. The first-order valence-corrected chi connectivity index (χ1v) is 11.0. The van der Waals surface area contributed by atoms with Gasteiger partial charge in [-0.1, -0.05) is 0 Å². The molecule has 0 unspecified atom stereocenters. The van der Waals surface area contributed by atoms with E-state index in [0.29, 0.717) is 11.3 Å². The van der Waals surface area contributed by atoms with Gasteiger partial charge in [-0.3, -0.25) is 0 Å². The lowest BCUT2D eigenvalue weighted by atomic mass is 10.2. The van der Waals surface area contributed by atoms with E-state index >= 15 is 0 Å². The zero-order valence-corrected chi connectivity index (χ0v) is 17.0. The molecule has 3 N–H and O–H groups in total. The standard InChI is InChI=1S/C16H21N3O7S2/c1-3-25-14(20)11-8-17-16(22)19-12(11)9-26-15(21)13-5-4-10(27-13)6-7-18-28(2,23)24/h4-5,18H,3,6-9H2,1-2H3,(H2,17,19,22). The first kappa shape index (κ1) is 21.9. The van der Waals surface area contributed by atoms with Crippen LogP contribution in [0.2, 0.25) is 0 Å². The third-order valence-electron chi connectivity index (χ3n) is 3.52. The fourth-order valence-corrected chi connectivity index (χ4v) is 3.63. The highest BCUT2D eigenvalue weighted by Gasteiger charge is 2.24. The molecule has 2 amide bonds. The largest absolute Gasteiger partial charge is 0.463 e. The monoisotopic (exact) mass is 431 g/mol. The Labute approximate surface area is 166 Å². The predicted molar refractivity (Wildman–Crippen MR) is 101 cm³/mol. The minimum absolute atomic E-state index is 0.0198. The van der Waals surface area contributed by atoms with Gasteiger partial charge in [0, 0.05) is 11.4 Å². The van der Waals surface area contributed by atoms with E-state index in [1.807, 2.05) is 0 Å². The van der Waals surface area contributed by atoms with Gasteiger partial charge >= 0.3 is 18.0 Å². The van der Waals surface area contributed by atoms with Crippen LogP contribution in [0, 0.1) is 0 Å². The summed E-state index contributed by atoms with van der Waals surface area (Å²) in [5, 5.41) is 4.91. The highest BCUT2D eigenvalue weighted by molar-refractivity contribution is 7.88. The lowest BCUT2D eigenvalue weighted by molar-refractivity contribution is -0.138. The van der Waals surface area contributed by atoms with Crippen molar-refractivity contribution in [3.8, 4) is 0 Å². The molecule has 0 fully saturated rings. The highest BCUT2D eigenvalue weighted by atomic mass is 32.2. The molecule has 1 aromatic heterocycles. The van der Waals surface area contributed by atoms with E-state index in [9.17, 15) is 22.8 Å². The number of amides is 2. The van der Waals surface area contributed by atoms with E-state index in [2.05, 4.69) is 15.4 Å². The molecule has 2 rings (SSSR count). The van der Waals surface area contributed by atoms with Gasteiger partial charge < -0.3 is 20.1 Å². The third kappa shape index (κ3) is 6.62. The van der Waals surface area contributed by atoms with E-state index in [4.69, 9.17) is 9.47 Å². The summed E-state index contributed by atoms with van der Waals surface area (Å²) in [5.41, 5.74) is 0.359. The number of sulfonamides is 1. The summed E-state index contributed by atoms with van der Waals surface area (Å²) in [7, 11) is -3.27. The second-order valence-electron chi connectivity index (χ2n) is 5.74. The van der Waals surface area contributed by atoms with Crippen molar-refractivity contribution in [2.24, 2.45) is 0 Å². The number of hydrogen-bond donors (Lipinski definition) is 3. The van der Waals surface area contributed by atoms with Crippen LogP contribution in [0.5, 0.6) is 0 Å². The maximum absolute atomic E-state index is 12.2. The molecular formula is C16H21N3O7S2. The van der Waals surface area contributed by atoms with Crippen LogP contribution in [0.4, 0.5) is 4.79 Å². The van der Waals surface area contributed by atoms with Crippen molar-refractivity contribution in [1.29, 1.82) is 0 Å². The Hall–Kier alpha value is -2.44. The van der Waals surface area contributed by atoms with Crippen LogP contribution in [0.15, 0.2) is 23.4 Å². The zero-order valence-electron chi connectivity index (χ0n) is 15.4. The lowest BCUT2D eigenvalue weighted by Crippen LogP contribution is -2.45. The lowest BCUT2D eigenvalue weighted by Gasteiger charge is -2.20. The second-order valence-corrected chi connectivity index (χ2v) is 8.75. The number of rotatable bonds is 9. The van der Waals surface area contributed by atoms with Crippen molar-refractivity contribution in [2.75, 3.05) is 32.6 Å². The Morgan fingerprint density at radius 3 is 2.68 bits per heavy atom. The minimum Gasteiger partial charge on any atom is -0.463 e. The number of carbonyl (C=O) groups excluding carboxylic acids is 3. The average molecular weight is 431 g/mol. The summed E-state index contributed by atoms with van der Waals surface area (Å²) in [6, 6.07) is 2.78. The number of thiophene rings is 1. The Morgan fingerprint density at radius 2 is 2.00 bits per heavy atom. The molecule has 0 bridgehead atoms. The third-order valence-corrected chi connectivity index (χ3v) is 5.38. The van der Waals surface area contributed by atoms with Gasteiger partial charge in [0.2, 0.25) is 10.0 Å². The average Bonchev–Trinajstić information content (AvgIpc) is 3.07. The van der Waals surface area contributed by atoms with Gasteiger partial charge in [0.05, 0.1) is 30.7 Å². The first-order chi connectivity index (χ1) is 13.2. The topological polar surface area (TPSA) is 140 Å². The van der Waals surface area contributed by atoms with E-state index in [1.54, 1.807) is 19.1 Å². The predicted octanol–water partition coefficient (Wildman–Crippen LogP) is 0.127. The highest BCUT2D eigenvalue weighted by Crippen LogP contribution is 2.18. The van der Waals surface area contributed by atoms with Crippen LogP contribution in [0.3, 0.4) is 0 Å². The molecule has 10 nitrogen and oxygen atoms in total. The minimum atomic E-state index is -3.27. The van der Waals surface area contributed by atoms with E-state index in [0.717, 1.165) is 11.1 Å². The van der Waals surface area contributed by atoms with Gasteiger partial charge in [-0.2, -0.15) is 0 Å².